The highest BCUT2D eigenvalue weighted by Crippen LogP contribution is 2.16. The summed E-state index contributed by atoms with van der Waals surface area (Å²) in [6.45, 7) is 0.492. The highest BCUT2D eigenvalue weighted by atomic mass is 32.1. The van der Waals surface area contributed by atoms with Crippen LogP contribution in [-0.2, 0) is 6.54 Å². The summed E-state index contributed by atoms with van der Waals surface area (Å²) < 4.78 is 13.1. The first-order valence-electron chi connectivity index (χ1n) is 5.80. The van der Waals surface area contributed by atoms with E-state index in [1.807, 2.05) is 16.8 Å². The molecular weight excluding hydrogens is 263 g/mol. The van der Waals surface area contributed by atoms with E-state index in [4.69, 9.17) is 0 Å². The lowest BCUT2D eigenvalue weighted by atomic mass is 10.2. The van der Waals surface area contributed by atoms with Crippen molar-refractivity contribution in [1.29, 1.82) is 0 Å². The zero-order valence-corrected chi connectivity index (χ0v) is 10.8. The Morgan fingerprint density at radius 3 is 3.00 bits per heavy atom. The monoisotopic (exact) mass is 274 g/mol. The van der Waals surface area contributed by atoms with E-state index in [2.05, 4.69) is 10.3 Å². The van der Waals surface area contributed by atoms with Gasteiger partial charge in [-0.3, -0.25) is 4.79 Å². The van der Waals surface area contributed by atoms with Gasteiger partial charge in [-0.1, -0.05) is 0 Å². The van der Waals surface area contributed by atoms with Crippen LogP contribution in [-0.4, -0.2) is 10.9 Å². The molecule has 19 heavy (non-hydrogen) atoms. The van der Waals surface area contributed by atoms with Gasteiger partial charge in [0.25, 0.3) is 5.91 Å². The summed E-state index contributed by atoms with van der Waals surface area (Å²) in [5, 5.41) is 7.47. The fourth-order valence-electron chi connectivity index (χ4n) is 1.90. The number of carbonyl (C=O) groups excluding carboxylic acids is 1. The molecule has 0 aliphatic rings. The maximum atomic E-state index is 13.1. The van der Waals surface area contributed by atoms with E-state index < -0.39 is 0 Å². The second-order valence-electron chi connectivity index (χ2n) is 4.23. The average molecular weight is 274 g/mol. The maximum absolute atomic E-state index is 13.1. The molecule has 0 radical (unpaired) electrons. The van der Waals surface area contributed by atoms with Crippen molar-refractivity contribution in [2.24, 2.45) is 0 Å². The summed E-state index contributed by atoms with van der Waals surface area (Å²) in [5.41, 5.74) is 2.26. The number of hydrogen-bond donors (Lipinski definition) is 2. The molecule has 0 bridgehead atoms. The number of amides is 1. The van der Waals surface area contributed by atoms with E-state index in [0.29, 0.717) is 17.6 Å². The molecule has 1 amide bonds. The number of thiophene rings is 1. The molecule has 2 heterocycles. The Balaban J connectivity index is 1.77. The molecule has 96 valence electrons. The molecular formula is C14H11FN2OS. The van der Waals surface area contributed by atoms with Gasteiger partial charge < -0.3 is 10.3 Å². The number of halogens is 1. The van der Waals surface area contributed by atoms with Gasteiger partial charge in [0.2, 0.25) is 0 Å². The van der Waals surface area contributed by atoms with E-state index >= 15 is 0 Å². The van der Waals surface area contributed by atoms with E-state index in [0.717, 1.165) is 11.1 Å². The number of rotatable bonds is 3. The summed E-state index contributed by atoms with van der Waals surface area (Å²) in [4.78, 5) is 14.9. The second-order valence-corrected chi connectivity index (χ2v) is 5.01. The van der Waals surface area contributed by atoms with Crippen molar-refractivity contribution >= 4 is 28.1 Å². The molecule has 0 aliphatic carbocycles. The van der Waals surface area contributed by atoms with Crippen LogP contribution in [0.25, 0.3) is 10.9 Å². The van der Waals surface area contributed by atoms with Crippen molar-refractivity contribution in [2.75, 3.05) is 0 Å². The van der Waals surface area contributed by atoms with Crippen molar-refractivity contribution < 1.29 is 9.18 Å². The van der Waals surface area contributed by atoms with Crippen molar-refractivity contribution in [3.8, 4) is 0 Å². The number of nitrogens with one attached hydrogen (secondary N) is 2. The summed E-state index contributed by atoms with van der Waals surface area (Å²) in [5.74, 6) is -0.500. The molecule has 0 aliphatic heterocycles. The number of aromatic amines is 1. The van der Waals surface area contributed by atoms with Crippen LogP contribution in [0.1, 0.15) is 16.1 Å². The highest BCUT2D eigenvalue weighted by Gasteiger charge is 2.09. The topological polar surface area (TPSA) is 44.9 Å². The Morgan fingerprint density at radius 1 is 1.32 bits per heavy atom. The minimum Gasteiger partial charge on any atom is -0.351 e. The SMILES string of the molecule is O=C(NCc1ccsc1)c1cc2cc(F)ccc2[nH]1. The standard InChI is InChI=1S/C14H11FN2OS/c15-11-1-2-12-10(5-11)6-13(17-12)14(18)16-7-9-3-4-19-8-9/h1-6,8,17H,7H2,(H,16,18). The predicted octanol–water partition coefficient (Wildman–Crippen LogP) is 3.30. The third-order valence-electron chi connectivity index (χ3n) is 2.86. The van der Waals surface area contributed by atoms with Gasteiger partial charge in [-0.25, -0.2) is 4.39 Å². The Morgan fingerprint density at radius 2 is 2.21 bits per heavy atom. The lowest BCUT2D eigenvalue weighted by Crippen LogP contribution is -2.22. The van der Waals surface area contributed by atoms with Crippen LogP contribution in [0.3, 0.4) is 0 Å². The van der Waals surface area contributed by atoms with Gasteiger partial charge in [-0.05, 0) is 46.7 Å². The van der Waals surface area contributed by atoms with Crippen molar-refractivity contribution in [3.05, 3.63) is 58.2 Å². The lowest BCUT2D eigenvalue weighted by molar-refractivity contribution is 0.0947. The van der Waals surface area contributed by atoms with E-state index in [9.17, 15) is 9.18 Å². The molecule has 3 nitrogen and oxygen atoms in total. The number of H-pyrrole nitrogens is 1. The van der Waals surface area contributed by atoms with Crippen LogP contribution in [0, 0.1) is 5.82 Å². The average Bonchev–Trinajstić information content (AvgIpc) is 3.04. The maximum Gasteiger partial charge on any atom is 0.267 e. The van der Waals surface area contributed by atoms with Crippen LogP contribution >= 0.6 is 11.3 Å². The minimum absolute atomic E-state index is 0.192. The summed E-state index contributed by atoms with van der Waals surface area (Å²) in [7, 11) is 0. The molecule has 0 saturated heterocycles. The molecule has 0 fully saturated rings. The summed E-state index contributed by atoms with van der Waals surface area (Å²) in [6.07, 6.45) is 0. The van der Waals surface area contributed by atoms with Gasteiger partial charge >= 0.3 is 0 Å². The largest absolute Gasteiger partial charge is 0.351 e. The fraction of sp³-hybridized carbons (Fsp3) is 0.0714. The summed E-state index contributed by atoms with van der Waals surface area (Å²) >= 11 is 1.59. The first-order valence-corrected chi connectivity index (χ1v) is 6.74. The quantitative estimate of drug-likeness (QED) is 0.756. The van der Waals surface area contributed by atoms with Gasteiger partial charge in [0, 0.05) is 17.4 Å². The lowest BCUT2D eigenvalue weighted by Gasteiger charge is -2.01. The Kier molecular flexibility index (Phi) is 3.05. The number of aromatic nitrogens is 1. The van der Waals surface area contributed by atoms with Crippen LogP contribution in [0.5, 0.6) is 0 Å². The summed E-state index contributed by atoms with van der Waals surface area (Å²) in [6, 6.07) is 8.01. The number of carbonyl (C=O) groups is 1. The minimum atomic E-state index is -0.309. The zero-order valence-electron chi connectivity index (χ0n) is 9.94. The van der Waals surface area contributed by atoms with Crippen molar-refractivity contribution in [3.63, 3.8) is 0 Å². The Hall–Kier alpha value is -2.14. The third-order valence-corrected chi connectivity index (χ3v) is 3.59. The molecule has 3 rings (SSSR count). The van der Waals surface area contributed by atoms with Gasteiger partial charge in [0.15, 0.2) is 0 Å². The zero-order chi connectivity index (χ0) is 13.2. The molecule has 2 aromatic heterocycles. The Labute approximate surface area is 113 Å². The van der Waals surface area contributed by atoms with Gasteiger partial charge in [0.1, 0.15) is 11.5 Å². The van der Waals surface area contributed by atoms with Crippen molar-refractivity contribution in [1.82, 2.24) is 10.3 Å². The van der Waals surface area contributed by atoms with Crippen LogP contribution < -0.4 is 5.32 Å². The number of benzene rings is 1. The number of fused-ring (bicyclic) bond motifs is 1. The molecule has 1 aromatic carbocycles. The number of hydrogen-bond acceptors (Lipinski definition) is 2. The van der Waals surface area contributed by atoms with E-state index in [-0.39, 0.29) is 11.7 Å². The second kappa shape index (κ2) is 4.85. The highest BCUT2D eigenvalue weighted by molar-refractivity contribution is 7.07. The smallest absolute Gasteiger partial charge is 0.267 e. The van der Waals surface area contributed by atoms with Gasteiger partial charge in [-0.2, -0.15) is 11.3 Å². The molecule has 0 unspecified atom stereocenters. The normalized spacial score (nSPS) is 10.8. The van der Waals surface area contributed by atoms with Crippen LogP contribution in [0.15, 0.2) is 41.1 Å². The molecule has 5 heteroatoms. The molecule has 0 saturated carbocycles. The molecule has 3 aromatic rings. The molecule has 2 N–H and O–H groups in total. The van der Waals surface area contributed by atoms with E-state index in [1.54, 1.807) is 23.5 Å². The Bertz CT molecular complexity index is 718. The third kappa shape index (κ3) is 2.51. The first-order chi connectivity index (χ1) is 9.22. The fourth-order valence-corrected chi connectivity index (χ4v) is 2.57. The van der Waals surface area contributed by atoms with Crippen molar-refractivity contribution in [2.45, 2.75) is 6.54 Å². The first kappa shape index (κ1) is 11.9. The molecule has 0 spiro atoms. The molecule has 0 atom stereocenters. The van der Waals surface area contributed by atoms with E-state index in [1.165, 1.54) is 12.1 Å². The van der Waals surface area contributed by atoms with Gasteiger partial charge in [-0.15, -0.1) is 0 Å². The van der Waals surface area contributed by atoms with Crippen LogP contribution in [0.2, 0.25) is 0 Å². The van der Waals surface area contributed by atoms with Gasteiger partial charge in [0.05, 0.1) is 0 Å². The predicted molar refractivity (Wildman–Crippen MR) is 73.7 cm³/mol. The van der Waals surface area contributed by atoms with Crippen LogP contribution in [0.4, 0.5) is 4.39 Å².